The number of anilines is 1. The molecule has 0 spiro atoms. The molecule has 0 radical (unpaired) electrons. The van der Waals surface area contributed by atoms with Gasteiger partial charge in [0.25, 0.3) is 0 Å². The summed E-state index contributed by atoms with van der Waals surface area (Å²) < 4.78 is 0. The average molecular weight is 216 g/mol. The minimum atomic E-state index is 0.195. The van der Waals surface area contributed by atoms with E-state index in [1.54, 1.807) is 12.4 Å². The van der Waals surface area contributed by atoms with Crippen LogP contribution in [0.25, 0.3) is 0 Å². The Balaban J connectivity index is 1.66. The zero-order valence-electron chi connectivity index (χ0n) is 9.23. The van der Waals surface area contributed by atoms with Crippen molar-refractivity contribution in [1.29, 1.82) is 0 Å². The summed E-state index contributed by atoms with van der Waals surface area (Å²) in [6.07, 6.45) is 8.36. The third-order valence-corrected chi connectivity index (χ3v) is 4.00. The number of pyridine rings is 1. The summed E-state index contributed by atoms with van der Waals surface area (Å²) in [5.74, 6) is 1.90. The molecule has 2 aliphatic carbocycles. The molecule has 2 saturated carbocycles. The van der Waals surface area contributed by atoms with Crippen molar-refractivity contribution in [3.8, 4) is 0 Å². The first kappa shape index (κ1) is 9.82. The van der Waals surface area contributed by atoms with Crippen molar-refractivity contribution in [2.75, 3.05) is 5.32 Å². The molecule has 1 heterocycles. The Morgan fingerprint density at radius 3 is 2.94 bits per heavy atom. The third kappa shape index (κ3) is 1.70. The largest absolute Gasteiger partial charge is 0.324 e. The van der Waals surface area contributed by atoms with E-state index in [1.165, 1.54) is 19.3 Å². The molecule has 1 N–H and O–H groups in total. The molecule has 0 aromatic carbocycles. The van der Waals surface area contributed by atoms with Crippen LogP contribution in [0.2, 0.25) is 0 Å². The molecular formula is C13H16N2O. The number of fused-ring (bicyclic) bond motifs is 2. The highest BCUT2D eigenvalue weighted by atomic mass is 16.1. The minimum Gasteiger partial charge on any atom is -0.324 e. The summed E-state index contributed by atoms with van der Waals surface area (Å²) in [6, 6.07) is 3.73. The van der Waals surface area contributed by atoms with Gasteiger partial charge >= 0.3 is 0 Å². The summed E-state index contributed by atoms with van der Waals surface area (Å²) in [5.41, 5.74) is 0.815. The topological polar surface area (TPSA) is 42.0 Å². The lowest BCUT2D eigenvalue weighted by molar-refractivity contribution is -0.121. The van der Waals surface area contributed by atoms with Crippen molar-refractivity contribution < 1.29 is 4.79 Å². The Bertz CT molecular complexity index is 390. The molecule has 2 bridgehead atoms. The van der Waals surface area contributed by atoms with Gasteiger partial charge in [-0.25, -0.2) is 0 Å². The maximum absolute atomic E-state index is 12.1. The lowest BCUT2D eigenvalue weighted by Gasteiger charge is -2.20. The molecule has 3 nitrogen and oxygen atoms in total. The molecule has 3 atom stereocenters. The van der Waals surface area contributed by atoms with Gasteiger partial charge in [0.15, 0.2) is 0 Å². The highest BCUT2D eigenvalue weighted by Crippen LogP contribution is 2.48. The molecule has 16 heavy (non-hydrogen) atoms. The van der Waals surface area contributed by atoms with Gasteiger partial charge in [-0.2, -0.15) is 0 Å². The van der Waals surface area contributed by atoms with Gasteiger partial charge in [0.2, 0.25) is 5.91 Å². The lowest BCUT2D eigenvalue weighted by Crippen LogP contribution is -2.27. The molecule has 84 valence electrons. The Kier molecular flexibility index (Phi) is 2.39. The smallest absolute Gasteiger partial charge is 0.227 e. The quantitative estimate of drug-likeness (QED) is 0.825. The van der Waals surface area contributed by atoms with E-state index >= 15 is 0 Å². The number of nitrogens with one attached hydrogen (secondary N) is 1. The number of carbonyl (C=O) groups excluding carboxylic acids is 1. The predicted molar refractivity (Wildman–Crippen MR) is 61.8 cm³/mol. The summed E-state index contributed by atoms with van der Waals surface area (Å²) in [6.45, 7) is 0. The fourth-order valence-electron chi connectivity index (χ4n) is 3.24. The molecule has 0 unspecified atom stereocenters. The second-order valence-corrected chi connectivity index (χ2v) is 5.01. The molecule has 3 rings (SSSR count). The van der Waals surface area contributed by atoms with Crippen LogP contribution in [0.4, 0.5) is 5.69 Å². The number of amides is 1. The molecule has 0 saturated heterocycles. The van der Waals surface area contributed by atoms with Gasteiger partial charge in [-0.15, -0.1) is 0 Å². The van der Waals surface area contributed by atoms with E-state index in [4.69, 9.17) is 0 Å². The molecule has 0 aliphatic heterocycles. The standard InChI is InChI=1S/C13H16N2O/c16-13(15-11-2-1-5-14-8-11)12-7-9-3-4-10(12)6-9/h1-2,5,8-10,12H,3-4,6-7H2,(H,15,16)/t9-,10-,12+/m0/s1. The predicted octanol–water partition coefficient (Wildman–Crippen LogP) is 2.46. The van der Waals surface area contributed by atoms with E-state index < -0.39 is 0 Å². The van der Waals surface area contributed by atoms with Crippen LogP contribution < -0.4 is 5.32 Å². The van der Waals surface area contributed by atoms with Crippen LogP contribution >= 0.6 is 0 Å². The van der Waals surface area contributed by atoms with Crippen molar-refractivity contribution in [2.45, 2.75) is 25.7 Å². The first-order valence-corrected chi connectivity index (χ1v) is 6.04. The van der Waals surface area contributed by atoms with Gasteiger partial charge in [0, 0.05) is 12.1 Å². The average Bonchev–Trinajstić information content (AvgIpc) is 2.92. The number of carbonyl (C=O) groups is 1. The van der Waals surface area contributed by atoms with E-state index in [2.05, 4.69) is 10.3 Å². The summed E-state index contributed by atoms with van der Waals surface area (Å²) in [7, 11) is 0. The van der Waals surface area contributed by atoms with E-state index in [0.29, 0.717) is 5.92 Å². The van der Waals surface area contributed by atoms with Crippen molar-refractivity contribution in [1.82, 2.24) is 4.98 Å². The summed E-state index contributed by atoms with van der Waals surface area (Å²) in [4.78, 5) is 16.1. The van der Waals surface area contributed by atoms with Gasteiger partial charge in [-0.1, -0.05) is 6.42 Å². The Labute approximate surface area is 95.3 Å². The zero-order valence-corrected chi connectivity index (χ0v) is 9.23. The van der Waals surface area contributed by atoms with Gasteiger partial charge < -0.3 is 5.32 Å². The molecule has 1 aromatic rings. The summed E-state index contributed by atoms with van der Waals surface area (Å²) in [5, 5.41) is 2.97. The monoisotopic (exact) mass is 216 g/mol. The SMILES string of the molecule is O=C(Nc1cccnc1)[C@@H]1C[C@H]2CC[C@H]1C2. The van der Waals surface area contributed by atoms with Crippen molar-refractivity contribution in [3.63, 3.8) is 0 Å². The molecule has 2 fully saturated rings. The van der Waals surface area contributed by atoms with Crippen molar-refractivity contribution in [2.24, 2.45) is 17.8 Å². The number of rotatable bonds is 2. The fraction of sp³-hybridized carbons (Fsp3) is 0.538. The van der Waals surface area contributed by atoms with Crippen LogP contribution in [-0.2, 0) is 4.79 Å². The van der Waals surface area contributed by atoms with Crippen molar-refractivity contribution >= 4 is 11.6 Å². The molecule has 1 aromatic heterocycles. The Morgan fingerprint density at radius 2 is 2.31 bits per heavy atom. The van der Waals surface area contributed by atoms with Crippen LogP contribution in [0.5, 0.6) is 0 Å². The molecular weight excluding hydrogens is 200 g/mol. The Morgan fingerprint density at radius 1 is 1.38 bits per heavy atom. The number of aromatic nitrogens is 1. The lowest BCUT2D eigenvalue weighted by atomic mass is 9.88. The highest BCUT2D eigenvalue weighted by molar-refractivity contribution is 5.92. The molecule has 1 amide bonds. The zero-order chi connectivity index (χ0) is 11.0. The first-order chi connectivity index (χ1) is 7.83. The van der Waals surface area contributed by atoms with E-state index in [1.807, 2.05) is 12.1 Å². The van der Waals surface area contributed by atoms with E-state index in [0.717, 1.165) is 18.0 Å². The number of hydrogen-bond acceptors (Lipinski definition) is 2. The first-order valence-electron chi connectivity index (χ1n) is 6.04. The highest BCUT2D eigenvalue weighted by Gasteiger charge is 2.42. The maximum atomic E-state index is 12.1. The van der Waals surface area contributed by atoms with E-state index in [9.17, 15) is 4.79 Å². The number of nitrogens with zero attached hydrogens (tertiary/aromatic N) is 1. The maximum Gasteiger partial charge on any atom is 0.227 e. The molecule has 3 heteroatoms. The van der Waals surface area contributed by atoms with Gasteiger partial charge in [-0.05, 0) is 43.2 Å². The van der Waals surface area contributed by atoms with E-state index in [-0.39, 0.29) is 11.8 Å². The Hall–Kier alpha value is -1.38. The van der Waals surface area contributed by atoms with Crippen molar-refractivity contribution in [3.05, 3.63) is 24.5 Å². The second kappa shape index (κ2) is 3.89. The van der Waals surface area contributed by atoms with Crippen LogP contribution in [0, 0.1) is 17.8 Å². The number of hydrogen-bond donors (Lipinski definition) is 1. The van der Waals surface area contributed by atoms with Gasteiger partial charge in [0.1, 0.15) is 0 Å². The second-order valence-electron chi connectivity index (χ2n) is 5.01. The van der Waals surface area contributed by atoms with Crippen LogP contribution in [0.15, 0.2) is 24.5 Å². The fourth-order valence-corrected chi connectivity index (χ4v) is 3.24. The third-order valence-electron chi connectivity index (χ3n) is 4.00. The van der Waals surface area contributed by atoms with Crippen LogP contribution in [0.1, 0.15) is 25.7 Å². The molecule has 2 aliphatic rings. The van der Waals surface area contributed by atoms with Gasteiger partial charge in [0.05, 0.1) is 11.9 Å². The van der Waals surface area contributed by atoms with Gasteiger partial charge in [-0.3, -0.25) is 9.78 Å². The van der Waals surface area contributed by atoms with Crippen LogP contribution in [0.3, 0.4) is 0 Å². The normalized spacial score (nSPS) is 31.6. The minimum absolute atomic E-state index is 0.195. The summed E-state index contributed by atoms with van der Waals surface area (Å²) >= 11 is 0. The van der Waals surface area contributed by atoms with Crippen LogP contribution in [-0.4, -0.2) is 10.9 Å².